The SMILES string of the molecule is C=C(C)C(=O)OC1C2OC3C1OC1CCC2C13. The molecule has 4 fully saturated rings. The lowest BCUT2D eigenvalue weighted by atomic mass is 9.80. The van der Waals surface area contributed by atoms with Gasteiger partial charge in [-0.15, -0.1) is 0 Å². The van der Waals surface area contributed by atoms with Crippen molar-refractivity contribution in [3.63, 3.8) is 0 Å². The second kappa shape index (κ2) is 3.12. The zero-order valence-corrected chi connectivity index (χ0v) is 9.80. The van der Waals surface area contributed by atoms with E-state index in [1.54, 1.807) is 6.92 Å². The molecule has 4 aliphatic rings. The van der Waals surface area contributed by atoms with Crippen LogP contribution in [0.15, 0.2) is 12.2 Å². The summed E-state index contributed by atoms with van der Waals surface area (Å²) < 4.78 is 17.4. The molecule has 4 nitrogen and oxygen atoms in total. The molecule has 1 aliphatic carbocycles. The molecule has 0 aromatic heterocycles. The van der Waals surface area contributed by atoms with Crippen LogP contribution in [0.1, 0.15) is 19.8 Å². The highest BCUT2D eigenvalue weighted by Crippen LogP contribution is 2.59. The van der Waals surface area contributed by atoms with Crippen molar-refractivity contribution in [1.82, 2.24) is 0 Å². The molecule has 7 unspecified atom stereocenters. The van der Waals surface area contributed by atoms with Gasteiger partial charge in [0.05, 0.1) is 12.2 Å². The predicted molar refractivity (Wildman–Crippen MR) is 58.2 cm³/mol. The van der Waals surface area contributed by atoms with Gasteiger partial charge < -0.3 is 14.2 Å². The van der Waals surface area contributed by atoms with Crippen molar-refractivity contribution in [2.24, 2.45) is 11.8 Å². The molecule has 7 atom stereocenters. The fourth-order valence-corrected chi connectivity index (χ4v) is 4.09. The first-order chi connectivity index (χ1) is 8.16. The maximum Gasteiger partial charge on any atom is 0.333 e. The number of rotatable bonds is 2. The smallest absolute Gasteiger partial charge is 0.333 e. The van der Waals surface area contributed by atoms with E-state index in [2.05, 4.69) is 6.58 Å². The molecule has 0 N–H and O–H groups in total. The van der Waals surface area contributed by atoms with Crippen LogP contribution in [0.5, 0.6) is 0 Å². The van der Waals surface area contributed by atoms with Crippen molar-refractivity contribution in [2.75, 3.05) is 0 Å². The second-order valence-electron chi connectivity index (χ2n) is 5.67. The molecule has 3 heterocycles. The molecule has 4 heteroatoms. The van der Waals surface area contributed by atoms with Crippen LogP contribution in [0.4, 0.5) is 0 Å². The number of hydrogen-bond donors (Lipinski definition) is 0. The summed E-state index contributed by atoms with van der Waals surface area (Å²) in [6.07, 6.45) is 2.61. The quantitative estimate of drug-likeness (QED) is 0.531. The lowest BCUT2D eigenvalue weighted by Crippen LogP contribution is -2.44. The van der Waals surface area contributed by atoms with E-state index >= 15 is 0 Å². The monoisotopic (exact) mass is 236 g/mol. The number of hydrogen-bond acceptors (Lipinski definition) is 4. The lowest BCUT2D eigenvalue weighted by Gasteiger charge is -2.28. The zero-order valence-electron chi connectivity index (χ0n) is 9.80. The van der Waals surface area contributed by atoms with Gasteiger partial charge >= 0.3 is 5.97 Å². The van der Waals surface area contributed by atoms with E-state index in [0.717, 1.165) is 12.8 Å². The van der Waals surface area contributed by atoms with Crippen LogP contribution < -0.4 is 0 Å². The van der Waals surface area contributed by atoms with Crippen LogP contribution >= 0.6 is 0 Å². The van der Waals surface area contributed by atoms with Gasteiger partial charge in [0, 0.05) is 11.5 Å². The molecule has 17 heavy (non-hydrogen) atoms. The summed E-state index contributed by atoms with van der Waals surface area (Å²) in [4.78, 5) is 11.6. The highest BCUT2D eigenvalue weighted by Gasteiger charge is 2.70. The normalized spacial score (nSPS) is 53.1. The molecule has 0 aromatic carbocycles. The van der Waals surface area contributed by atoms with Crippen LogP contribution in [-0.4, -0.2) is 36.5 Å². The molecule has 0 amide bonds. The van der Waals surface area contributed by atoms with Crippen LogP contribution in [0.2, 0.25) is 0 Å². The van der Waals surface area contributed by atoms with Gasteiger partial charge in [0.15, 0.2) is 6.10 Å². The van der Waals surface area contributed by atoms with Gasteiger partial charge in [-0.25, -0.2) is 4.79 Å². The summed E-state index contributed by atoms with van der Waals surface area (Å²) >= 11 is 0. The van der Waals surface area contributed by atoms with Gasteiger partial charge in [-0.1, -0.05) is 6.58 Å². The lowest BCUT2D eigenvalue weighted by molar-refractivity contribution is -0.154. The Morgan fingerprint density at radius 3 is 2.82 bits per heavy atom. The average molecular weight is 236 g/mol. The number of ether oxygens (including phenoxy) is 3. The fourth-order valence-electron chi connectivity index (χ4n) is 4.09. The van der Waals surface area contributed by atoms with Crippen molar-refractivity contribution in [3.05, 3.63) is 12.2 Å². The highest BCUT2D eigenvalue weighted by atomic mass is 16.6. The number of carbonyl (C=O) groups is 1. The summed E-state index contributed by atoms with van der Waals surface area (Å²) in [6.45, 7) is 5.28. The maximum absolute atomic E-state index is 11.6. The predicted octanol–water partition coefficient (Wildman–Crippen LogP) is 1.05. The summed E-state index contributed by atoms with van der Waals surface area (Å²) in [6, 6.07) is 0. The first kappa shape index (κ1) is 10.1. The van der Waals surface area contributed by atoms with Gasteiger partial charge in [-0.2, -0.15) is 0 Å². The Kier molecular flexibility index (Phi) is 1.85. The Bertz CT molecular complexity index is 402. The summed E-state index contributed by atoms with van der Waals surface area (Å²) in [5, 5.41) is 0. The summed E-state index contributed by atoms with van der Waals surface area (Å²) in [7, 11) is 0. The third-order valence-electron chi connectivity index (χ3n) is 4.72. The van der Waals surface area contributed by atoms with Crippen molar-refractivity contribution in [3.8, 4) is 0 Å². The maximum atomic E-state index is 11.6. The van der Waals surface area contributed by atoms with E-state index in [4.69, 9.17) is 14.2 Å². The molecule has 4 rings (SSSR count). The van der Waals surface area contributed by atoms with Crippen molar-refractivity contribution in [1.29, 1.82) is 0 Å². The Morgan fingerprint density at radius 2 is 2.06 bits per heavy atom. The molecule has 0 spiro atoms. The van der Waals surface area contributed by atoms with E-state index in [0.29, 0.717) is 23.5 Å². The Morgan fingerprint density at radius 1 is 1.24 bits per heavy atom. The largest absolute Gasteiger partial charge is 0.453 e. The molecular formula is C13H16O4. The Hall–Kier alpha value is -0.870. The standard InChI is InChI=1S/C13H16O4/c1-5(2)13(14)17-11-9-6-3-4-7-8(6)10(16-9)12(11)15-7/h6-12H,1,3-4H2,2H3. The highest BCUT2D eigenvalue weighted by molar-refractivity contribution is 5.87. The minimum absolute atomic E-state index is 0.0325. The summed E-state index contributed by atoms with van der Waals surface area (Å²) in [5.41, 5.74) is 0.437. The van der Waals surface area contributed by atoms with Crippen LogP contribution in [0.3, 0.4) is 0 Å². The molecule has 3 aliphatic heterocycles. The third-order valence-corrected chi connectivity index (χ3v) is 4.72. The molecule has 0 aromatic rings. The number of esters is 1. The van der Waals surface area contributed by atoms with Crippen LogP contribution in [0, 0.1) is 11.8 Å². The van der Waals surface area contributed by atoms with Gasteiger partial charge in [0.2, 0.25) is 0 Å². The van der Waals surface area contributed by atoms with E-state index in [9.17, 15) is 4.79 Å². The van der Waals surface area contributed by atoms with Crippen molar-refractivity contribution < 1.29 is 19.0 Å². The topological polar surface area (TPSA) is 44.8 Å². The van der Waals surface area contributed by atoms with Gasteiger partial charge in [0.1, 0.15) is 12.2 Å². The van der Waals surface area contributed by atoms with Gasteiger partial charge in [-0.3, -0.25) is 0 Å². The van der Waals surface area contributed by atoms with Crippen LogP contribution in [-0.2, 0) is 19.0 Å². The van der Waals surface area contributed by atoms with E-state index in [1.165, 1.54) is 0 Å². The molecule has 3 saturated heterocycles. The Labute approximate surface area is 99.9 Å². The first-order valence-corrected chi connectivity index (χ1v) is 6.34. The van der Waals surface area contributed by atoms with Gasteiger partial charge in [-0.05, 0) is 25.7 Å². The van der Waals surface area contributed by atoms with Crippen molar-refractivity contribution >= 4 is 5.97 Å². The summed E-state index contributed by atoms with van der Waals surface area (Å²) in [5.74, 6) is 0.769. The van der Waals surface area contributed by atoms with Gasteiger partial charge in [0.25, 0.3) is 0 Å². The average Bonchev–Trinajstić information content (AvgIpc) is 2.92. The number of fused-ring (bicyclic) bond motifs is 2. The fraction of sp³-hybridized carbons (Fsp3) is 0.769. The number of carbonyl (C=O) groups excluding carboxylic acids is 1. The minimum Gasteiger partial charge on any atom is -0.453 e. The van der Waals surface area contributed by atoms with E-state index in [1.807, 2.05) is 0 Å². The second-order valence-corrected chi connectivity index (χ2v) is 5.67. The van der Waals surface area contributed by atoms with E-state index in [-0.39, 0.29) is 30.4 Å². The molecule has 1 saturated carbocycles. The van der Waals surface area contributed by atoms with Crippen LogP contribution in [0.25, 0.3) is 0 Å². The Balaban J connectivity index is 1.60. The van der Waals surface area contributed by atoms with Crippen molar-refractivity contribution in [2.45, 2.75) is 50.3 Å². The molecule has 0 radical (unpaired) electrons. The zero-order chi connectivity index (χ0) is 11.7. The van der Waals surface area contributed by atoms with E-state index < -0.39 is 0 Å². The first-order valence-electron chi connectivity index (χ1n) is 6.34. The third kappa shape index (κ3) is 1.13. The minimum atomic E-state index is -0.325. The molecule has 92 valence electrons. The molecular weight excluding hydrogens is 220 g/mol. The molecule has 2 bridgehead atoms.